The van der Waals surface area contributed by atoms with E-state index in [2.05, 4.69) is 20.9 Å². The molecule has 1 unspecified atom stereocenters. The number of aliphatic hydroxyl groups is 1. The summed E-state index contributed by atoms with van der Waals surface area (Å²) in [4.78, 5) is 0. The van der Waals surface area contributed by atoms with Gasteiger partial charge in [0.2, 0.25) is 0 Å². The number of anilines is 1. The number of nitrogens with zero attached hydrogens (tertiary/aromatic N) is 2. The van der Waals surface area contributed by atoms with Gasteiger partial charge in [-0.2, -0.15) is 0 Å². The van der Waals surface area contributed by atoms with Crippen LogP contribution < -0.4 is 21.3 Å². The van der Waals surface area contributed by atoms with Gasteiger partial charge in [-0.15, -0.1) is 10.2 Å². The Morgan fingerprint density at radius 2 is 1.96 bits per heavy atom. The van der Waals surface area contributed by atoms with Crippen molar-refractivity contribution in [2.24, 2.45) is 5.84 Å². The first-order chi connectivity index (χ1) is 11.8. The third-order valence-electron chi connectivity index (χ3n) is 3.35. The average Bonchev–Trinajstić information content (AvgIpc) is 2.58. The monoisotopic (exact) mass is 347 g/mol. The van der Waals surface area contributed by atoms with Crippen LogP contribution in [0.3, 0.4) is 0 Å². The van der Waals surface area contributed by atoms with Gasteiger partial charge in [-0.25, -0.2) is 5.84 Å². The number of aliphatic hydroxyl groups excluding tert-OH is 1. The lowest BCUT2D eigenvalue weighted by Crippen LogP contribution is -2.42. The standard InChI is InChI=1S/C17H25N5O3/c1-17(2,3)19-9-12(24)10-25-15-8-11(23)4-5-13(15)14-6-7-16(20-18)22-21-14/h4-8,12,19,23-24H,9-10,18H2,1-3H3,(H,20,22). The van der Waals surface area contributed by atoms with E-state index in [1.165, 1.54) is 12.1 Å². The summed E-state index contributed by atoms with van der Waals surface area (Å²) in [5.41, 5.74) is 3.54. The summed E-state index contributed by atoms with van der Waals surface area (Å²) >= 11 is 0. The molecule has 0 bridgehead atoms. The van der Waals surface area contributed by atoms with Gasteiger partial charge in [0.05, 0.1) is 5.69 Å². The van der Waals surface area contributed by atoms with Crippen LogP contribution in [0.15, 0.2) is 30.3 Å². The van der Waals surface area contributed by atoms with Crippen molar-refractivity contribution in [3.63, 3.8) is 0 Å². The largest absolute Gasteiger partial charge is 0.508 e. The third kappa shape index (κ3) is 5.86. The first kappa shape index (κ1) is 18.9. The Balaban J connectivity index is 2.10. The number of β-amino-alcohol motifs (C(OH)–C–C–N with tert-alkyl or cyclic N) is 1. The second kappa shape index (κ2) is 8.11. The van der Waals surface area contributed by atoms with Gasteiger partial charge in [-0.1, -0.05) is 0 Å². The highest BCUT2D eigenvalue weighted by atomic mass is 16.5. The molecule has 0 spiro atoms. The van der Waals surface area contributed by atoms with E-state index in [1.807, 2.05) is 20.8 Å². The number of nitrogens with one attached hydrogen (secondary N) is 2. The minimum absolute atomic E-state index is 0.0641. The first-order valence-corrected chi connectivity index (χ1v) is 7.98. The van der Waals surface area contributed by atoms with Crippen molar-refractivity contribution in [1.82, 2.24) is 15.5 Å². The van der Waals surface area contributed by atoms with Crippen LogP contribution in [-0.2, 0) is 0 Å². The van der Waals surface area contributed by atoms with E-state index in [1.54, 1.807) is 18.2 Å². The molecule has 1 heterocycles. The zero-order valence-corrected chi connectivity index (χ0v) is 14.7. The first-order valence-electron chi connectivity index (χ1n) is 7.98. The summed E-state index contributed by atoms with van der Waals surface area (Å²) in [6.45, 7) is 6.54. The summed E-state index contributed by atoms with van der Waals surface area (Å²) in [5.74, 6) is 6.20. The second-order valence-corrected chi connectivity index (χ2v) is 6.72. The lowest BCUT2D eigenvalue weighted by atomic mass is 10.1. The number of rotatable bonds is 7. The number of hydrogen-bond acceptors (Lipinski definition) is 8. The maximum Gasteiger partial charge on any atom is 0.162 e. The van der Waals surface area contributed by atoms with Crippen molar-refractivity contribution in [2.75, 3.05) is 18.6 Å². The van der Waals surface area contributed by atoms with E-state index < -0.39 is 6.10 Å². The topological polar surface area (TPSA) is 126 Å². The summed E-state index contributed by atoms with van der Waals surface area (Å²) in [6, 6.07) is 8.12. The lowest BCUT2D eigenvalue weighted by Gasteiger charge is -2.23. The molecule has 0 radical (unpaired) electrons. The quantitative estimate of drug-likeness (QED) is 0.374. The molecular weight excluding hydrogens is 322 g/mol. The SMILES string of the molecule is CC(C)(C)NCC(O)COc1cc(O)ccc1-c1ccc(NN)nn1. The van der Waals surface area contributed by atoms with Gasteiger partial charge in [0.1, 0.15) is 24.2 Å². The molecule has 6 N–H and O–H groups in total. The molecule has 2 rings (SSSR count). The molecule has 1 aromatic heterocycles. The van der Waals surface area contributed by atoms with Crippen LogP contribution >= 0.6 is 0 Å². The van der Waals surface area contributed by atoms with Gasteiger partial charge in [-0.05, 0) is 45.0 Å². The van der Waals surface area contributed by atoms with Gasteiger partial charge in [0.25, 0.3) is 0 Å². The Labute approximate surface area is 147 Å². The highest BCUT2D eigenvalue weighted by Gasteiger charge is 2.15. The molecule has 8 nitrogen and oxygen atoms in total. The zero-order valence-electron chi connectivity index (χ0n) is 14.7. The highest BCUT2D eigenvalue weighted by molar-refractivity contribution is 5.68. The van der Waals surface area contributed by atoms with Crippen molar-refractivity contribution in [2.45, 2.75) is 32.4 Å². The number of nitrogens with two attached hydrogens (primary N) is 1. The van der Waals surface area contributed by atoms with E-state index in [9.17, 15) is 10.2 Å². The zero-order chi connectivity index (χ0) is 18.4. The Morgan fingerprint density at radius 3 is 2.56 bits per heavy atom. The Kier molecular flexibility index (Phi) is 6.13. The molecule has 0 amide bonds. The summed E-state index contributed by atoms with van der Waals surface area (Å²) < 4.78 is 5.70. The van der Waals surface area contributed by atoms with Crippen LogP contribution in [0.2, 0.25) is 0 Å². The highest BCUT2D eigenvalue weighted by Crippen LogP contribution is 2.32. The number of nitrogen functional groups attached to an aromatic ring is 1. The predicted octanol–water partition coefficient (Wildman–Crippen LogP) is 1.26. The van der Waals surface area contributed by atoms with E-state index in [4.69, 9.17) is 10.6 Å². The number of phenolic OH excluding ortho intramolecular Hbond substituents is 1. The fourth-order valence-corrected chi connectivity index (χ4v) is 2.06. The van der Waals surface area contributed by atoms with Crippen molar-refractivity contribution in [3.8, 4) is 22.8 Å². The third-order valence-corrected chi connectivity index (χ3v) is 3.35. The Morgan fingerprint density at radius 1 is 1.20 bits per heavy atom. The summed E-state index contributed by atoms with van der Waals surface area (Å²) in [7, 11) is 0. The number of hydrogen-bond donors (Lipinski definition) is 5. The number of phenols is 1. The fraction of sp³-hybridized carbons (Fsp3) is 0.412. The summed E-state index contributed by atoms with van der Waals surface area (Å²) in [6.07, 6.45) is -0.690. The average molecular weight is 347 g/mol. The minimum Gasteiger partial charge on any atom is -0.508 e. The van der Waals surface area contributed by atoms with Gasteiger partial charge >= 0.3 is 0 Å². The van der Waals surface area contributed by atoms with E-state index in [0.29, 0.717) is 29.4 Å². The number of aromatic hydroxyl groups is 1. The molecule has 0 fully saturated rings. The van der Waals surface area contributed by atoms with Crippen LogP contribution in [0, 0.1) is 0 Å². The maximum atomic E-state index is 10.1. The smallest absolute Gasteiger partial charge is 0.162 e. The molecule has 0 saturated heterocycles. The second-order valence-electron chi connectivity index (χ2n) is 6.72. The number of benzene rings is 1. The van der Waals surface area contributed by atoms with Gasteiger partial charge in [0, 0.05) is 23.7 Å². The van der Waals surface area contributed by atoms with Gasteiger partial charge < -0.3 is 25.7 Å². The van der Waals surface area contributed by atoms with Crippen molar-refractivity contribution in [1.29, 1.82) is 0 Å². The molecular formula is C17H25N5O3. The van der Waals surface area contributed by atoms with E-state index in [0.717, 1.165) is 0 Å². The van der Waals surface area contributed by atoms with E-state index in [-0.39, 0.29) is 17.9 Å². The molecule has 136 valence electrons. The molecule has 0 aliphatic heterocycles. The number of hydrazine groups is 1. The molecule has 1 aromatic carbocycles. The van der Waals surface area contributed by atoms with Crippen molar-refractivity contribution >= 4 is 5.82 Å². The molecule has 1 atom stereocenters. The van der Waals surface area contributed by atoms with Crippen LogP contribution in [0.4, 0.5) is 5.82 Å². The number of ether oxygens (including phenoxy) is 1. The molecule has 0 saturated carbocycles. The molecule has 0 aliphatic rings. The predicted molar refractivity (Wildman–Crippen MR) is 96.2 cm³/mol. The molecule has 0 aliphatic carbocycles. The maximum absolute atomic E-state index is 10.1. The Hall–Kier alpha value is -2.42. The normalized spacial score (nSPS) is 12.7. The van der Waals surface area contributed by atoms with Gasteiger partial charge in [0.15, 0.2) is 5.82 Å². The summed E-state index contributed by atoms with van der Waals surface area (Å²) in [5, 5.41) is 31.0. The van der Waals surface area contributed by atoms with Crippen LogP contribution in [0.1, 0.15) is 20.8 Å². The van der Waals surface area contributed by atoms with Crippen LogP contribution in [-0.4, -0.2) is 45.2 Å². The van der Waals surface area contributed by atoms with Crippen molar-refractivity contribution < 1.29 is 14.9 Å². The molecule has 25 heavy (non-hydrogen) atoms. The molecule has 2 aromatic rings. The van der Waals surface area contributed by atoms with E-state index >= 15 is 0 Å². The lowest BCUT2D eigenvalue weighted by molar-refractivity contribution is 0.100. The fourth-order valence-electron chi connectivity index (χ4n) is 2.06. The minimum atomic E-state index is -0.690. The number of aromatic nitrogens is 2. The molecule has 8 heteroatoms. The Bertz CT molecular complexity index is 686. The van der Waals surface area contributed by atoms with Crippen molar-refractivity contribution in [3.05, 3.63) is 30.3 Å². The van der Waals surface area contributed by atoms with Gasteiger partial charge in [-0.3, -0.25) is 0 Å². The van der Waals surface area contributed by atoms with Crippen LogP contribution in [0.25, 0.3) is 11.3 Å². The van der Waals surface area contributed by atoms with Crippen LogP contribution in [0.5, 0.6) is 11.5 Å².